The molecule has 0 bridgehead atoms. The molecule has 0 saturated carbocycles. The van der Waals surface area contributed by atoms with Crippen LogP contribution in [0.3, 0.4) is 0 Å². The van der Waals surface area contributed by atoms with Crippen molar-refractivity contribution in [1.82, 2.24) is 9.97 Å². The van der Waals surface area contributed by atoms with E-state index in [1.54, 1.807) is 57.6 Å². The molecule has 2 aromatic heterocycles. The second kappa shape index (κ2) is 10.2. The number of nitrogens with zero attached hydrogens (tertiary/aromatic N) is 3. The molecule has 2 atom stereocenters. The topological polar surface area (TPSA) is 93.9 Å². The summed E-state index contributed by atoms with van der Waals surface area (Å²) in [7, 11) is 3.24. The quantitative estimate of drug-likeness (QED) is 0.235. The van der Waals surface area contributed by atoms with Gasteiger partial charge in [-0.15, -0.1) is 0 Å². The standard InChI is InChI=1S/C31H30FN3O4/c1-30(17-33-3)18-39-29-23(30)16-26(35-28(29)19-7-9-22(32)10-8-19)31(2,37)12-11-24(36)21-14-20-6-5-13-34-27(20)25(15-21)38-4/h5-10,13-17,37H,11-12,18H2,1-4H3/t30-,31-/m0/s1. The van der Waals surface area contributed by atoms with Gasteiger partial charge in [0.05, 0.1) is 18.2 Å². The van der Waals surface area contributed by atoms with Gasteiger partial charge in [-0.25, -0.2) is 9.37 Å². The Morgan fingerprint density at radius 1 is 1.26 bits per heavy atom. The van der Waals surface area contributed by atoms with Crippen LogP contribution in [0.5, 0.6) is 11.5 Å². The number of methoxy groups -OCH3 is 1. The Labute approximate surface area is 226 Å². The molecular weight excluding hydrogens is 497 g/mol. The zero-order valence-electron chi connectivity index (χ0n) is 22.4. The summed E-state index contributed by atoms with van der Waals surface area (Å²) in [6, 6.07) is 15.0. The van der Waals surface area contributed by atoms with E-state index in [1.807, 2.05) is 25.3 Å². The SMILES string of the molecule is CN=C[C@@]1(C)COc2c1cc([C@@](C)(O)CCC(=O)c1cc(OC)c3ncccc3c1)nc2-c1ccc(F)cc1. The molecule has 0 fully saturated rings. The number of halogens is 1. The van der Waals surface area contributed by atoms with Crippen molar-refractivity contribution >= 4 is 22.9 Å². The average molecular weight is 528 g/mol. The van der Waals surface area contributed by atoms with Crippen molar-refractivity contribution in [2.24, 2.45) is 4.99 Å². The van der Waals surface area contributed by atoms with Crippen molar-refractivity contribution in [2.75, 3.05) is 20.8 Å². The van der Waals surface area contributed by atoms with Crippen LogP contribution in [0.15, 0.2) is 65.8 Å². The molecule has 3 heterocycles. The highest BCUT2D eigenvalue weighted by Gasteiger charge is 2.40. The Bertz CT molecular complexity index is 1580. The summed E-state index contributed by atoms with van der Waals surface area (Å²) in [6.07, 6.45) is 3.71. The van der Waals surface area contributed by atoms with Crippen LogP contribution in [0, 0.1) is 5.82 Å². The van der Waals surface area contributed by atoms with Crippen LogP contribution in [0.2, 0.25) is 0 Å². The van der Waals surface area contributed by atoms with Gasteiger partial charge in [0, 0.05) is 48.0 Å². The summed E-state index contributed by atoms with van der Waals surface area (Å²) < 4.78 is 25.2. The van der Waals surface area contributed by atoms with Gasteiger partial charge in [-0.1, -0.05) is 6.07 Å². The molecular formula is C31H30FN3O4. The number of ketones is 1. The number of hydrogen-bond acceptors (Lipinski definition) is 7. The fourth-order valence-corrected chi connectivity index (χ4v) is 4.98. The van der Waals surface area contributed by atoms with E-state index in [0.29, 0.717) is 46.1 Å². The molecule has 0 aliphatic carbocycles. The smallest absolute Gasteiger partial charge is 0.163 e. The number of hydrogen-bond donors (Lipinski definition) is 1. The highest BCUT2D eigenvalue weighted by molar-refractivity contribution is 6.01. The Morgan fingerprint density at radius 3 is 2.74 bits per heavy atom. The van der Waals surface area contributed by atoms with Crippen molar-refractivity contribution in [3.8, 4) is 22.8 Å². The third-order valence-electron chi connectivity index (χ3n) is 7.24. The maximum atomic E-state index is 13.7. The second-order valence-corrected chi connectivity index (χ2v) is 10.3. The second-order valence-electron chi connectivity index (χ2n) is 10.3. The van der Waals surface area contributed by atoms with Crippen LogP contribution in [0.25, 0.3) is 22.2 Å². The maximum Gasteiger partial charge on any atom is 0.163 e. The molecule has 200 valence electrons. The van der Waals surface area contributed by atoms with Crippen molar-refractivity contribution in [3.63, 3.8) is 0 Å². The number of aliphatic hydroxyl groups is 1. The monoisotopic (exact) mass is 527 g/mol. The molecule has 2 aromatic carbocycles. The van der Waals surface area contributed by atoms with E-state index in [4.69, 9.17) is 14.5 Å². The third-order valence-corrected chi connectivity index (χ3v) is 7.24. The molecule has 0 radical (unpaired) electrons. The van der Waals surface area contributed by atoms with Gasteiger partial charge >= 0.3 is 0 Å². The summed E-state index contributed by atoms with van der Waals surface area (Å²) in [5.41, 5.74) is 1.60. The van der Waals surface area contributed by atoms with Crippen LogP contribution >= 0.6 is 0 Å². The fraction of sp³-hybridized carbons (Fsp3) is 0.290. The van der Waals surface area contributed by atoms with Gasteiger partial charge in [0.1, 0.15) is 40.7 Å². The largest absolute Gasteiger partial charge is 0.494 e. The lowest BCUT2D eigenvalue weighted by molar-refractivity contribution is 0.0397. The average Bonchev–Trinajstić information content (AvgIpc) is 3.27. The van der Waals surface area contributed by atoms with E-state index in [-0.39, 0.29) is 24.4 Å². The fourth-order valence-electron chi connectivity index (χ4n) is 4.98. The van der Waals surface area contributed by atoms with Crippen molar-refractivity contribution in [3.05, 3.63) is 83.4 Å². The van der Waals surface area contributed by atoms with Crippen LogP contribution in [0.1, 0.15) is 48.3 Å². The van der Waals surface area contributed by atoms with E-state index in [0.717, 1.165) is 10.9 Å². The van der Waals surface area contributed by atoms with Gasteiger partial charge < -0.3 is 14.6 Å². The minimum absolute atomic E-state index is 0.0801. The number of aromatic nitrogens is 2. The van der Waals surface area contributed by atoms with Crippen LogP contribution in [0.4, 0.5) is 4.39 Å². The van der Waals surface area contributed by atoms with Crippen molar-refractivity contribution < 1.29 is 23.8 Å². The van der Waals surface area contributed by atoms with Gasteiger partial charge in [0.2, 0.25) is 0 Å². The van der Waals surface area contributed by atoms with Crippen molar-refractivity contribution in [1.29, 1.82) is 0 Å². The molecule has 0 amide bonds. The minimum atomic E-state index is -1.44. The Hall–Kier alpha value is -4.17. The van der Waals surface area contributed by atoms with Gasteiger partial charge in [-0.05, 0) is 68.8 Å². The van der Waals surface area contributed by atoms with Gasteiger partial charge in [0.15, 0.2) is 5.78 Å². The molecule has 0 unspecified atom stereocenters. The summed E-state index contributed by atoms with van der Waals surface area (Å²) in [6.45, 7) is 4.01. The van der Waals surface area contributed by atoms with Gasteiger partial charge in [0.25, 0.3) is 0 Å². The molecule has 1 N–H and O–H groups in total. The highest BCUT2D eigenvalue weighted by atomic mass is 19.1. The molecule has 5 rings (SSSR count). The Balaban J connectivity index is 1.49. The minimum Gasteiger partial charge on any atom is -0.494 e. The van der Waals surface area contributed by atoms with E-state index >= 15 is 0 Å². The first-order valence-electron chi connectivity index (χ1n) is 12.7. The first-order valence-corrected chi connectivity index (χ1v) is 12.7. The van der Waals surface area contributed by atoms with Crippen LogP contribution in [-0.2, 0) is 11.0 Å². The lowest BCUT2D eigenvalue weighted by atomic mass is 9.83. The predicted octanol–water partition coefficient (Wildman–Crippen LogP) is 5.67. The van der Waals surface area contributed by atoms with Crippen LogP contribution < -0.4 is 9.47 Å². The molecule has 1 aliphatic heterocycles. The summed E-state index contributed by atoms with van der Waals surface area (Å²) in [5.74, 6) is 0.605. The normalized spacial score (nSPS) is 18.1. The van der Waals surface area contributed by atoms with E-state index in [9.17, 15) is 14.3 Å². The summed E-state index contributed by atoms with van der Waals surface area (Å²) in [4.78, 5) is 26.6. The summed E-state index contributed by atoms with van der Waals surface area (Å²) >= 11 is 0. The maximum absolute atomic E-state index is 13.7. The number of carbonyl (C=O) groups excluding carboxylic acids is 1. The Kier molecular flexibility index (Phi) is 6.91. The molecule has 0 saturated heterocycles. The molecule has 1 aliphatic rings. The van der Waals surface area contributed by atoms with E-state index in [2.05, 4.69) is 9.98 Å². The lowest BCUT2D eigenvalue weighted by Crippen LogP contribution is -2.28. The first-order chi connectivity index (χ1) is 18.6. The number of benzene rings is 2. The molecule has 0 spiro atoms. The third kappa shape index (κ3) is 5.00. The molecule has 7 nitrogen and oxygen atoms in total. The number of fused-ring (bicyclic) bond motifs is 2. The first kappa shape index (κ1) is 26.4. The van der Waals surface area contributed by atoms with E-state index in [1.165, 1.54) is 12.1 Å². The molecule has 39 heavy (non-hydrogen) atoms. The number of ether oxygens (including phenoxy) is 2. The van der Waals surface area contributed by atoms with Crippen molar-refractivity contribution in [2.45, 2.75) is 37.7 Å². The summed E-state index contributed by atoms with van der Waals surface area (Å²) in [5, 5.41) is 12.4. The van der Waals surface area contributed by atoms with E-state index < -0.39 is 11.0 Å². The predicted molar refractivity (Wildman–Crippen MR) is 148 cm³/mol. The number of aliphatic imine (C=N–C) groups is 1. The number of rotatable bonds is 8. The number of carbonyl (C=O) groups is 1. The van der Waals surface area contributed by atoms with Gasteiger partial charge in [-0.2, -0.15) is 0 Å². The highest BCUT2D eigenvalue weighted by Crippen LogP contribution is 2.45. The molecule has 8 heteroatoms. The van der Waals surface area contributed by atoms with Gasteiger partial charge in [-0.3, -0.25) is 14.8 Å². The molecule has 4 aromatic rings. The Morgan fingerprint density at radius 2 is 2.03 bits per heavy atom. The zero-order valence-corrected chi connectivity index (χ0v) is 22.4. The lowest BCUT2D eigenvalue weighted by Gasteiger charge is -2.25. The van der Waals surface area contributed by atoms with Crippen LogP contribution in [-0.4, -0.2) is 47.8 Å². The number of Topliss-reactive ketones (excluding diaryl/α,β-unsaturated/α-hetero) is 1. The number of pyridine rings is 2. The zero-order chi connectivity index (χ0) is 27.8.